The number of hydrogen-bond acceptors (Lipinski definition) is 3. The molecule has 2 unspecified atom stereocenters. The lowest BCUT2D eigenvalue weighted by Crippen LogP contribution is -2.66. The van der Waals surface area contributed by atoms with E-state index >= 15 is 0 Å². The van der Waals surface area contributed by atoms with E-state index in [0.717, 1.165) is 19.4 Å². The van der Waals surface area contributed by atoms with E-state index in [9.17, 15) is 9.59 Å². The Balaban J connectivity index is 1.37. The molecule has 0 bridgehead atoms. The molecule has 2 aliphatic carbocycles. The van der Waals surface area contributed by atoms with Gasteiger partial charge in [-0.25, -0.2) is 4.79 Å². The third-order valence-corrected chi connectivity index (χ3v) is 13.1. The number of rotatable bonds is 6. The second-order valence-corrected chi connectivity index (χ2v) is 15.4. The first-order valence-electron chi connectivity index (χ1n) is 12.3. The van der Waals surface area contributed by atoms with Gasteiger partial charge in [-0.1, -0.05) is 81.4 Å². The van der Waals surface area contributed by atoms with Crippen molar-refractivity contribution in [1.82, 2.24) is 9.55 Å². The van der Waals surface area contributed by atoms with Gasteiger partial charge < -0.3 is 4.43 Å². The van der Waals surface area contributed by atoms with Crippen molar-refractivity contribution in [3.63, 3.8) is 0 Å². The van der Waals surface area contributed by atoms with Crippen LogP contribution < -0.4 is 21.6 Å². The maximum absolute atomic E-state index is 12.4. The Kier molecular flexibility index (Phi) is 5.77. The maximum Gasteiger partial charge on any atom is 0.328 e. The molecule has 5 rings (SSSR count). The molecule has 0 aliphatic heterocycles. The van der Waals surface area contributed by atoms with E-state index in [-0.39, 0.29) is 22.3 Å². The highest BCUT2D eigenvalue weighted by molar-refractivity contribution is 6.99. The van der Waals surface area contributed by atoms with Crippen molar-refractivity contribution in [2.24, 2.45) is 17.8 Å². The van der Waals surface area contributed by atoms with E-state index in [1.807, 2.05) is 0 Å². The second-order valence-electron chi connectivity index (χ2n) is 11.1. The van der Waals surface area contributed by atoms with Gasteiger partial charge in [0.15, 0.2) is 0 Å². The maximum atomic E-state index is 12.4. The van der Waals surface area contributed by atoms with E-state index in [2.05, 4.69) is 86.4 Å². The van der Waals surface area contributed by atoms with Crippen LogP contribution in [0.3, 0.4) is 0 Å². The number of aromatic nitrogens is 2. The average molecular weight is 475 g/mol. The molecule has 0 amide bonds. The van der Waals surface area contributed by atoms with Crippen LogP contribution in [-0.2, 0) is 4.43 Å². The molecule has 1 aromatic heterocycles. The van der Waals surface area contributed by atoms with Crippen LogP contribution in [0.1, 0.15) is 45.2 Å². The fourth-order valence-corrected chi connectivity index (χ4v) is 10.9. The molecular formula is C28H34N2O3Si. The van der Waals surface area contributed by atoms with Crippen molar-refractivity contribution in [2.75, 3.05) is 6.61 Å². The van der Waals surface area contributed by atoms with E-state index in [4.69, 9.17) is 4.43 Å². The first-order valence-corrected chi connectivity index (χ1v) is 14.2. The number of benzene rings is 2. The quantitative estimate of drug-likeness (QED) is 0.555. The normalized spacial score (nSPS) is 24.1. The molecule has 2 saturated carbocycles. The van der Waals surface area contributed by atoms with Crippen LogP contribution in [0, 0.1) is 24.7 Å². The van der Waals surface area contributed by atoms with Gasteiger partial charge in [0.05, 0.1) is 0 Å². The lowest BCUT2D eigenvalue weighted by atomic mass is 10.1. The van der Waals surface area contributed by atoms with Crippen molar-refractivity contribution in [2.45, 2.75) is 51.6 Å². The monoisotopic (exact) mass is 474 g/mol. The van der Waals surface area contributed by atoms with Crippen molar-refractivity contribution in [3.8, 4) is 0 Å². The van der Waals surface area contributed by atoms with Crippen molar-refractivity contribution < 1.29 is 4.43 Å². The Morgan fingerprint density at radius 1 is 0.941 bits per heavy atom. The van der Waals surface area contributed by atoms with E-state index in [1.165, 1.54) is 10.4 Å². The third-order valence-electron chi connectivity index (χ3n) is 8.05. The molecule has 0 radical (unpaired) electrons. The molecule has 178 valence electrons. The average Bonchev–Trinajstić information content (AvgIpc) is 3.26. The zero-order valence-electron chi connectivity index (χ0n) is 20.5. The second kappa shape index (κ2) is 8.50. The van der Waals surface area contributed by atoms with E-state index in [1.54, 1.807) is 17.7 Å². The highest BCUT2D eigenvalue weighted by Crippen LogP contribution is 2.61. The Morgan fingerprint density at radius 3 is 1.97 bits per heavy atom. The van der Waals surface area contributed by atoms with Crippen LogP contribution in [0.15, 0.2) is 76.4 Å². The summed E-state index contributed by atoms with van der Waals surface area (Å²) in [4.78, 5) is 26.6. The first-order chi connectivity index (χ1) is 16.2. The number of fused-ring (bicyclic) bond motifs is 1. The van der Waals surface area contributed by atoms with Gasteiger partial charge in [-0.15, -0.1) is 0 Å². The van der Waals surface area contributed by atoms with Gasteiger partial charge in [0.25, 0.3) is 13.9 Å². The highest BCUT2D eigenvalue weighted by Gasteiger charge is 2.58. The molecule has 4 atom stereocenters. The minimum atomic E-state index is -2.52. The molecule has 2 fully saturated rings. The van der Waals surface area contributed by atoms with Crippen LogP contribution >= 0.6 is 0 Å². The summed E-state index contributed by atoms with van der Waals surface area (Å²) in [5, 5.41) is 2.60. The largest absolute Gasteiger partial charge is 0.407 e. The number of nitrogens with zero attached hydrogens (tertiary/aromatic N) is 1. The van der Waals surface area contributed by atoms with Crippen molar-refractivity contribution >= 4 is 18.7 Å². The lowest BCUT2D eigenvalue weighted by Gasteiger charge is -2.43. The van der Waals surface area contributed by atoms with Crippen LogP contribution in [-0.4, -0.2) is 24.5 Å². The molecule has 1 N–H and O–H groups in total. The van der Waals surface area contributed by atoms with Crippen molar-refractivity contribution in [1.29, 1.82) is 0 Å². The number of H-pyrrole nitrogens is 1. The van der Waals surface area contributed by atoms with Gasteiger partial charge in [0, 0.05) is 24.4 Å². The van der Waals surface area contributed by atoms with Crippen LogP contribution in [0.25, 0.3) is 0 Å². The molecule has 3 aromatic rings. The highest BCUT2D eigenvalue weighted by atomic mass is 28.4. The Morgan fingerprint density at radius 2 is 1.47 bits per heavy atom. The summed E-state index contributed by atoms with van der Waals surface area (Å²) < 4.78 is 8.89. The number of nitrogens with one attached hydrogen (secondary N) is 1. The molecular weight excluding hydrogens is 440 g/mol. The number of aryl methyl sites for hydroxylation is 1. The van der Waals surface area contributed by atoms with Crippen LogP contribution in [0.2, 0.25) is 5.04 Å². The predicted molar refractivity (Wildman–Crippen MR) is 138 cm³/mol. The molecule has 2 aliphatic rings. The van der Waals surface area contributed by atoms with Gasteiger partial charge in [0.2, 0.25) is 0 Å². The Bertz CT molecular complexity index is 1230. The van der Waals surface area contributed by atoms with E-state index in [0.29, 0.717) is 23.3 Å². The molecule has 0 spiro atoms. The summed E-state index contributed by atoms with van der Waals surface area (Å²) in [5.74, 6) is 1.71. The summed E-state index contributed by atoms with van der Waals surface area (Å²) in [6.07, 6.45) is 3.68. The van der Waals surface area contributed by atoms with Gasteiger partial charge in [-0.3, -0.25) is 14.3 Å². The minimum absolute atomic E-state index is 0.0248. The topological polar surface area (TPSA) is 64.1 Å². The lowest BCUT2D eigenvalue weighted by molar-refractivity contribution is 0.253. The predicted octanol–water partition coefficient (Wildman–Crippen LogP) is 3.62. The van der Waals surface area contributed by atoms with Gasteiger partial charge >= 0.3 is 5.69 Å². The number of hydrogen-bond donors (Lipinski definition) is 1. The van der Waals surface area contributed by atoms with Gasteiger partial charge in [0.1, 0.15) is 0 Å². The summed E-state index contributed by atoms with van der Waals surface area (Å²) in [6, 6.07) is 21.7. The summed E-state index contributed by atoms with van der Waals surface area (Å²) in [6.45, 7) is 9.45. The number of aromatic amines is 1. The van der Waals surface area contributed by atoms with Gasteiger partial charge in [-0.05, 0) is 52.9 Å². The first kappa shape index (κ1) is 23.1. The smallest absolute Gasteiger partial charge is 0.328 e. The SMILES string of the molecule is Cc1cn(C2C[C@@H]3C(CO[Si](c4ccccc4)(c4ccccc4)C(C)(C)C)[C@@H]3C2)c(=O)[nH]c1=O. The summed E-state index contributed by atoms with van der Waals surface area (Å²) in [7, 11) is -2.52. The minimum Gasteiger partial charge on any atom is -0.407 e. The Hall–Kier alpha value is -2.70. The molecule has 1 heterocycles. The van der Waals surface area contributed by atoms with Gasteiger partial charge in [-0.2, -0.15) is 0 Å². The van der Waals surface area contributed by atoms with E-state index < -0.39 is 8.32 Å². The third kappa shape index (κ3) is 3.83. The summed E-state index contributed by atoms with van der Waals surface area (Å²) in [5.41, 5.74) is 0.00902. The van der Waals surface area contributed by atoms with Crippen LogP contribution in [0.5, 0.6) is 0 Å². The zero-order valence-corrected chi connectivity index (χ0v) is 21.5. The standard InChI is InChI=1S/C28H34N2O3Si/c1-19-17-30(27(32)29-26(19)31)20-15-23-24(16-20)25(23)18-33-34(28(2,3)4,21-11-7-5-8-12-21)22-13-9-6-10-14-22/h5-14,17,20,23-25H,15-16,18H2,1-4H3,(H,29,31,32)/t20?,23-,24+,25?. The molecule has 6 heteroatoms. The van der Waals surface area contributed by atoms with Crippen LogP contribution in [0.4, 0.5) is 0 Å². The fraction of sp³-hybridized carbons (Fsp3) is 0.429. The fourth-order valence-electron chi connectivity index (χ4n) is 6.26. The zero-order chi connectivity index (χ0) is 24.1. The van der Waals surface area contributed by atoms with Crippen molar-refractivity contribution in [3.05, 3.63) is 93.3 Å². The Labute approximate surface area is 202 Å². The molecule has 0 saturated heterocycles. The molecule has 5 nitrogen and oxygen atoms in total. The molecule has 2 aromatic carbocycles. The molecule has 34 heavy (non-hydrogen) atoms. The summed E-state index contributed by atoms with van der Waals surface area (Å²) >= 11 is 0.